The molecule has 34 heavy (non-hydrogen) atoms. The molecule has 0 aliphatic rings. The lowest BCUT2D eigenvalue weighted by atomic mass is 10.1. The van der Waals surface area contributed by atoms with Crippen LogP contribution in [0.3, 0.4) is 0 Å². The van der Waals surface area contributed by atoms with Gasteiger partial charge in [0.05, 0.1) is 22.6 Å². The summed E-state index contributed by atoms with van der Waals surface area (Å²) in [6.45, 7) is 4.65. The molecule has 0 spiro atoms. The van der Waals surface area contributed by atoms with Gasteiger partial charge < -0.3 is 24.0 Å². The Morgan fingerprint density at radius 1 is 1.18 bits per heavy atom. The molecule has 0 fully saturated rings. The molecule has 2 amide bonds. The number of hydrogen-bond acceptors (Lipinski definition) is 4. The number of halogens is 2. The van der Waals surface area contributed by atoms with E-state index in [1.807, 2.05) is 13.8 Å². The molecule has 0 aliphatic carbocycles. The van der Waals surface area contributed by atoms with Gasteiger partial charge in [0.15, 0.2) is 11.4 Å². The van der Waals surface area contributed by atoms with Crippen LogP contribution in [-0.2, 0) is 13.6 Å². The summed E-state index contributed by atoms with van der Waals surface area (Å²) in [4.78, 5) is 42.7. The highest BCUT2D eigenvalue weighted by atomic mass is 35.5. The molecule has 1 aromatic carbocycles. The quantitative estimate of drug-likeness (QED) is 0.549. The number of amides is 2. The number of hydrogen-bond donors (Lipinski definition) is 1. The zero-order valence-electron chi connectivity index (χ0n) is 19.9. The Labute approximate surface area is 201 Å². The highest BCUT2D eigenvalue weighted by molar-refractivity contribution is 6.30. The summed E-state index contributed by atoms with van der Waals surface area (Å²) in [5.74, 6) is -1.90. The molecule has 0 bridgehead atoms. The number of carbonyl (C=O) groups is 2. The van der Waals surface area contributed by atoms with Crippen LogP contribution >= 0.6 is 11.6 Å². The van der Waals surface area contributed by atoms with Gasteiger partial charge in [0, 0.05) is 40.4 Å². The molecule has 2 heterocycles. The first kappa shape index (κ1) is 25.3. The maximum absolute atomic E-state index is 13.6. The van der Waals surface area contributed by atoms with Crippen LogP contribution in [0.1, 0.15) is 46.7 Å². The standard InChI is InChI=1S/C24H28ClFN4O4/c1-6-10-29(7-2)24(34)20-21(31)18-19(28(20)5)15(22(32)27(3)4)13-30(23(18)33)12-14-8-9-17(26)16(25)11-14/h8-9,11,13,31H,6-7,10,12H2,1-5H3. The smallest absolute Gasteiger partial charge is 0.274 e. The van der Waals surface area contributed by atoms with E-state index in [2.05, 4.69) is 0 Å². The van der Waals surface area contributed by atoms with Crippen LogP contribution in [0.2, 0.25) is 5.02 Å². The summed E-state index contributed by atoms with van der Waals surface area (Å²) >= 11 is 5.88. The third-order valence-corrected chi connectivity index (χ3v) is 6.01. The number of rotatable bonds is 7. The lowest BCUT2D eigenvalue weighted by Gasteiger charge is -2.20. The van der Waals surface area contributed by atoms with E-state index >= 15 is 0 Å². The molecule has 0 atom stereocenters. The average Bonchev–Trinajstić information content (AvgIpc) is 3.06. The number of fused-ring (bicyclic) bond motifs is 1. The van der Waals surface area contributed by atoms with Gasteiger partial charge in [-0.05, 0) is 31.0 Å². The van der Waals surface area contributed by atoms with Crippen molar-refractivity contribution >= 4 is 34.3 Å². The molecule has 3 aromatic rings. The Kier molecular flexibility index (Phi) is 7.35. The maximum Gasteiger partial charge on any atom is 0.274 e. The van der Waals surface area contributed by atoms with E-state index in [1.165, 1.54) is 38.4 Å². The number of benzene rings is 1. The van der Waals surface area contributed by atoms with Crippen LogP contribution in [-0.4, -0.2) is 63.0 Å². The maximum atomic E-state index is 13.6. The Hall–Kier alpha value is -3.33. The predicted octanol–water partition coefficient (Wildman–Crippen LogP) is 3.46. The minimum atomic E-state index is -0.590. The van der Waals surface area contributed by atoms with Crippen molar-refractivity contribution in [2.75, 3.05) is 27.2 Å². The number of pyridine rings is 1. The largest absolute Gasteiger partial charge is 0.505 e. The number of aromatic nitrogens is 2. The van der Waals surface area contributed by atoms with Crippen molar-refractivity contribution < 1.29 is 19.1 Å². The molecule has 0 aliphatic heterocycles. The molecule has 10 heteroatoms. The van der Waals surface area contributed by atoms with E-state index in [0.29, 0.717) is 18.7 Å². The molecule has 0 saturated carbocycles. The normalized spacial score (nSPS) is 11.1. The van der Waals surface area contributed by atoms with E-state index in [1.54, 1.807) is 26.0 Å². The predicted molar refractivity (Wildman–Crippen MR) is 129 cm³/mol. The number of carbonyl (C=O) groups excluding carboxylic acids is 2. The zero-order chi connectivity index (χ0) is 25.3. The van der Waals surface area contributed by atoms with Crippen molar-refractivity contribution in [2.45, 2.75) is 26.8 Å². The second kappa shape index (κ2) is 9.89. The first-order valence-electron chi connectivity index (χ1n) is 10.9. The summed E-state index contributed by atoms with van der Waals surface area (Å²) in [7, 11) is 4.68. The van der Waals surface area contributed by atoms with E-state index in [4.69, 9.17) is 11.6 Å². The molecular formula is C24H28ClFN4O4. The fraction of sp³-hybridized carbons (Fsp3) is 0.375. The Bertz CT molecular complexity index is 1330. The molecule has 0 radical (unpaired) electrons. The first-order valence-corrected chi connectivity index (χ1v) is 11.3. The van der Waals surface area contributed by atoms with Crippen LogP contribution in [0, 0.1) is 5.82 Å². The first-order chi connectivity index (χ1) is 16.0. The highest BCUT2D eigenvalue weighted by Crippen LogP contribution is 2.32. The van der Waals surface area contributed by atoms with Gasteiger partial charge in [-0.15, -0.1) is 0 Å². The monoisotopic (exact) mass is 490 g/mol. The van der Waals surface area contributed by atoms with Crippen LogP contribution in [0.4, 0.5) is 4.39 Å². The molecule has 8 nitrogen and oxygen atoms in total. The number of nitrogens with zero attached hydrogens (tertiary/aromatic N) is 4. The van der Waals surface area contributed by atoms with Crippen LogP contribution in [0.25, 0.3) is 10.9 Å². The minimum Gasteiger partial charge on any atom is -0.505 e. The van der Waals surface area contributed by atoms with Gasteiger partial charge in [0.2, 0.25) is 0 Å². The fourth-order valence-electron chi connectivity index (χ4n) is 4.02. The summed E-state index contributed by atoms with van der Waals surface area (Å²) in [5.41, 5.74) is 0.200. The minimum absolute atomic E-state index is 0.0168. The van der Waals surface area contributed by atoms with Gasteiger partial charge in [-0.25, -0.2) is 4.39 Å². The second-order valence-corrected chi connectivity index (χ2v) is 8.70. The van der Waals surface area contributed by atoms with Crippen molar-refractivity contribution in [1.29, 1.82) is 0 Å². The third kappa shape index (κ3) is 4.40. The van der Waals surface area contributed by atoms with Crippen molar-refractivity contribution in [2.24, 2.45) is 7.05 Å². The summed E-state index contributed by atoms with van der Waals surface area (Å²) in [6.07, 6.45) is 2.11. The van der Waals surface area contributed by atoms with Gasteiger partial charge in [0.1, 0.15) is 11.2 Å². The van der Waals surface area contributed by atoms with Gasteiger partial charge >= 0.3 is 0 Å². The van der Waals surface area contributed by atoms with E-state index in [9.17, 15) is 23.9 Å². The van der Waals surface area contributed by atoms with E-state index in [-0.39, 0.29) is 33.7 Å². The molecule has 0 unspecified atom stereocenters. The zero-order valence-corrected chi connectivity index (χ0v) is 20.6. The van der Waals surface area contributed by atoms with Crippen molar-refractivity contribution in [3.63, 3.8) is 0 Å². The van der Waals surface area contributed by atoms with Gasteiger partial charge in [-0.1, -0.05) is 24.6 Å². The Morgan fingerprint density at radius 2 is 1.85 bits per heavy atom. The van der Waals surface area contributed by atoms with Gasteiger partial charge in [-0.3, -0.25) is 14.4 Å². The van der Waals surface area contributed by atoms with Crippen molar-refractivity contribution in [3.8, 4) is 5.75 Å². The molecule has 2 aromatic heterocycles. The lowest BCUT2D eigenvalue weighted by Crippen LogP contribution is -2.32. The van der Waals surface area contributed by atoms with Gasteiger partial charge in [0.25, 0.3) is 17.4 Å². The highest BCUT2D eigenvalue weighted by Gasteiger charge is 2.30. The Morgan fingerprint density at radius 3 is 2.41 bits per heavy atom. The third-order valence-electron chi connectivity index (χ3n) is 5.72. The molecule has 3 rings (SSSR count). The molecular weight excluding hydrogens is 463 g/mol. The number of aryl methyl sites for hydroxylation is 1. The summed E-state index contributed by atoms with van der Waals surface area (Å²) < 4.78 is 16.2. The average molecular weight is 491 g/mol. The fourth-order valence-corrected chi connectivity index (χ4v) is 4.23. The molecule has 182 valence electrons. The van der Waals surface area contributed by atoms with E-state index in [0.717, 1.165) is 6.42 Å². The molecule has 1 N–H and O–H groups in total. The van der Waals surface area contributed by atoms with E-state index < -0.39 is 28.9 Å². The van der Waals surface area contributed by atoms with Crippen LogP contribution in [0.5, 0.6) is 5.75 Å². The van der Waals surface area contributed by atoms with Crippen molar-refractivity contribution in [1.82, 2.24) is 18.9 Å². The van der Waals surface area contributed by atoms with Gasteiger partial charge in [-0.2, -0.15) is 0 Å². The SMILES string of the molecule is CCCN(CC)C(=O)c1c(O)c2c(=O)n(Cc3ccc(F)c(Cl)c3)cc(C(=O)N(C)C)c2n1C. The molecule has 0 saturated heterocycles. The topological polar surface area (TPSA) is 87.8 Å². The Balaban J connectivity index is 2.31. The van der Waals surface area contributed by atoms with Crippen LogP contribution in [0.15, 0.2) is 29.2 Å². The lowest BCUT2D eigenvalue weighted by molar-refractivity contribution is 0.0750. The second-order valence-electron chi connectivity index (χ2n) is 8.29. The number of aromatic hydroxyl groups is 1. The van der Waals surface area contributed by atoms with Crippen molar-refractivity contribution in [3.05, 3.63) is 62.4 Å². The van der Waals surface area contributed by atoms with Crippen LogP contribution < -0.4 is 5.56 Å². The summed E-state index contributed by atoms with van der Waals surface area (Å²) in [6, 6.07) is 4.07. The summed E-state index contributed by atoms with van der Waals surface area (Å²) in [5, 5.41) is 10.9.